The fourth-order valence-corrected chi connectivity index (χ4v) is 8.83. The molecular formula is C66H116O6. The first-order valence-electron chi connectivity index (χ1n) is 30.9. The Hall–Kier alpha value is -3.15. The second-order valence-corrected chi connectivity index (χ2v) is 20.6. The zero-order valence-corrected chi connectivity index (χ0v) is 47.7. The van der Waals surface area contributed by atoms with Gasteiger partial charge >= 0.3 is 17.9 Å². The van der Waals surface area contributed by atoms with E-state index in [-0.39, 0.29) is 37.5 Å². The molecule has 0 aliphatic heterocycles. The molecule has 0 rings (SSSR count). The monoisotopic (exact) mass is 1000 g/mol. The number of hydrogen-bond donors (Lipinski definition) is 0. The van der Waals surface area contributed by atoms with Gasteiger partial charge in [-0.25, -0.2) is 0 Å². The third kappa shape index (κ3) is 57.7. The standard InChI is InChI=1S/C66H116O6/c1-4-7-10-13-16-19-22-25-27-28-29-30-31-32-33-34-35-36-37-38-39-42-44-47-50-53-56-59-65(68)71-62-63(61-70-64(67)58-55-52-49-46-43-40-24-21-18-15-12-9-6-3)72-66(69)60-57-54-51-48-45-41-26-23-20-17-14-11-8-5-2/h9,12,14,17-18,21,23,26,40,43,49,52,63H,4-8,10-11,13,15-16,19-20,22,24-25,27-39,41-42,44-48,50-51,53-62H2,1-3H3/b12-9-,17-14-,21-18-,26-23-,43-40-,52-49-. The van der Waals surface area contributed by atoms with Crippen LogP contribution >= 0.6 is 0 Å². The molecule has 0 aliphatic carbocycles. The normalized spacial score (nSPS) is 12.5. The van der Waals surface area contributed by atoms with Gasteiger partial charge in [-0.05, 0) is 70.6 Å². The van der Waals surface area contributed by atoms with Crippen molar-refractivity contribution in [2.24, 2.45) is 0 Å². The molecule has 0 bridgehead atoms. The maximum absolute atomic E-state index is 12.8. The molecule has 0 spiro atoms. The van der Waals surface area contributed by atoms with E-state index in [2.05, 4.69) is 87.6 Å². The molecule has 0 aliphatic rings. The van der Waals surface area contributed by atoms with Gasteiger partial charge in [-0.3, -0.25) is 14.4 Å². The minimum Gasteiger partial charge on any atom is -0.462 e. The Balaban J connectivity index is 4.24. The average molecular weight is 1010 g/mol. The Morgan fingerprint density at radius 2 is 0.583 bits per heavy atom. The highest BCUT2D eigenvalue weighted by Crippen LogP contribution is 2.17. The van der Waals surface area contributed by atoms with Gasteiger partial charge in [-0.15, -0.1) is 0 Å². The quantitative estimate of drug-likeness (QED) is 0.0261. The topological polar surface area (TPSA) is 78.9 Å². The van der Waals surface area contributed by atoms with Crippen LogP contribution in [0.15, 0.2) is 72.9 Å². The molecule has 6 nitrogen and oxygen atoms in total. The highest BCUT2D eigenvalue weighted by molar-refractivity contribution is 5.71. The lowest BCUT2D eigenvalue weighted by atomic mass is 10.0. The van der Waals surface area contributed by atoms with Crippen LogP contribution in [0.2, 0.25) is 0 Å². The summed E-state index contributed by atoms with van der Waals surface area (Å²) in [6.07, 6.45) is 78.0. The second-order valence-electron chi connectivity index (χ2n) is 20.6. The van der Waals surface area contributed by atoms with Crippen molar-refractivity contribution in [1.29, 1.82) is 0 Å². The Labute approximate surface area is 446 Å². The maximum atomic E-state index is 12.8. The van der Waals surface area contributed by atoms with Crippen molar-refractivity contribution in [3.8, 4) is 0 Å². The van der Waals surface area contributed by atoms with Crippen molar-refractivity contribution in [1.82, 2.24) is 0 Å². The van der Waals surface area contributed by atoms with Gasteiger partial charge < -0.3 is 14.2 Å². The van der Waals surface area contributed by atoms with Crippen LogP contribution in [0.25, 0.3) is 0 Å². The van der Waals surface area contributed by atoms with E-state index in [1.165, 1.54) is 173 Å². The lowest BCUT2D eigenvalue weighted by molar-refractivity contribution is -0.166. The Morgan fingerprint density at radius 1 is 0.292 bits per heavy atom. The first kappa shape index (κ1) is 68.8. The zero-order valence-electron chi connectivity index (χ0n) is 47.7. The summed E-state index contributed by atoms with van der Waals surface area (Å²) in [7, 11) is 0. The molecule has 0 radical (unpaired) electrons. The van der Waals surface area contributed by atoms with Crippen molar-refractivity contribution in [2.45, 2.75) is 316 Å². The summed E-state index contributed by atoms with van der Waals surface area (Å²) in [5, 5.41) is 0. The number of carbonyl (C=O) groups is 3. The number of allylic oxidation sites excluding steroid dienone is 12. The number of hydrogen-bond acceptors (Lipinski definition) is 6. The van der Waals surface area contributed by atoms with E-state index in [0.29, 0.717) is 19.3 Å². The molecule has 416 valence electrons. The van der Waals surface area contributed by atoms with Gasteiger partial charge in [0.25, 0.3) is 0 Å². The molecule has 0 aromatic heterocycles. The van der Waals surface area contributed by atoms with Crippen LogP contribution in [-0.4, -0.2) is 37.2 Å². The van der Waals surface area contributed by atoms with E-state index in [4.69, 9.17) is 14.2 Å². The molecule has 6 heteroatoms. The maximum Gasteiger partial charge on any atom is 0.306 e. The SMILES string of the molecule is CC/C=C\C/C=C\C/C=C\C/C=C\CCC(=O)OCC(COC(=O)CCCCCCCCCCCCCCCCCCCCCCCCCCCCC)OC(=O)CCCCCCC/C=C\C/C=C\CCCC. The van der Waals surface area contributed by atoms with E-state index in [1.807, 2.05) is 6.08 Å². The average Bonchev–Trinajstić information content (AvgIpc) is 3.38. The molecule has 0 saturated carbocycles. The predicted octanol–water partition coefficient (Wildman–Crippen LogP) is 20.9. The Kier molecular flexibility index (Phi) is 57.8. The van der Waals surface area contributed by atoms with E-state index in [1.54, 1.807) is 0 Å². The molecule has 0 saturated heterocycles. The molecule has 0 heterocycles. The lowest BCUT2D eigenvalue weighted by Gasteiger charge is -2.18. The summed E-state index contributed by atoms with van der Waals surface area (Å²) < 4.78 is 16.8. The molecule has 0 fully saturated rings. The number of esters is 3. The van der Waals surface area contributed by atoms with E-state index < -0.39 is 6.10 Å². The van der Waals surface area contributed by atoms with Crippen molar-refractivity contribution in [3.05, 3.63) is 72.9 Å². The molecule has 0 amide bonds. The van der Waals surface area contributed by atoms with Crippen LogP contribution in [0.5, 0.6) is 0 Å². The summed E-state index contributed by atoms with van der Waals surface area (Å²) in [5.74, 6) is -0.990. The van der Waals surface area contributed by atoms with Crippen LogP contribution in [-0.2, 0) is 28.6 Å². The first-order valence-corrected chi connectivity index (χ1v) is 30.9. The number of unbranched alkanes of at least 4 members (excludes halogenated alkanes) is 33. The van der Waals surface area contributed by atoms with Gasteiger partial charge in [-0.2, -0.15) is 0 Å². The van der Waals surface area contributed by atoms with E-state index in [0.717, 1.165) is 89.9 Å². The number of ether oxygens (including phenoxy) is 3. The fraction of sp³-hybridized carbons (Fsp3) is 0.773. The molecule has 1 unspecified atom stereocenters. The first-order chi connectivity index (χ1) is 35.5. The van der Waals surface area contributed by atoms with Crippen LogP contribution in [0.3, 0.4) is 0 Å². The van der Waals surface area contributed by atoms with Gasteiger partial charge in [0.2, 0.25) is 0 Å². The van der Waals surface area contributed by atoms with Crippen molar-refractivity contribution >= 4 is 17.9 Å². The van der Waals surface area contributed by atoms with Crippen LogP contribution in [0, 0.1) is 0 Å². The third-order valence-corrected chi connectivity index (χ3v) is 13.5. The van der Waals surface area contributed by atoms with E-state index in [9.17, 15) is 14.4 Å². The number of carbonyl (C=O) groups excluding carboxylic acids is 3. The van der Waals surface area contributed by atoms with Gasteiger partial charge in [0.1, 0.15) is 13.2 Å². The van der Waals surface area contributed by atoms with Crippen molar-refractivity contribution in [2.75, 3.05) is 13.2 Å². The minimum absolute atomic E-state index is 0.101. The van der Waals surface area contributed by atoms with Crippen LogP contribution in [0.4, 0.5) is 0 Å². The van der Waals surface area contributed by atoms with Crippen molar-refractivity contribution in [3.63, 3.8) is 0 Å². The molecule has 0 aromatic carbocycles. The Morgan fingerprint density at radius 3 is 0.972 bits per heavy atom. The third-order valence-electron chi connectivity index (χ3n) is 13.5. The highest BCUT2D eigenvalue weighted by atomic mass is 16.6. The summed E-state index contributed by atoms with van der Waals surface area (Å²) in [6.45, 7) is 6.44. The van der Waals surface area contributed by atoms with Gasteiger partial charge in [0.05, 0.1) is 0 Å². The molecule has 1 atom stereocenters. The predicted molar refractivity (Wildman–Crippen MR) is 311 cm³/mol. The highest BCUT2D eigenvalue weighted by Gasteiger charge is 2.19. The van der Waals surface area contributed by atoms with Gasteiger partial charge in [0.15, 0.2) is 6.10 Å². The molecule has 0 N–H and O–H groups in total. The summed E-state index contributed by atoms with van der Waals surface area (Å²) in [5.41, 5.74) is 0. The lowest BCUT2D eigenvalue weighted by Crippen LogP contribution is -2.30. The summed E-state index contributed by atoms with van der Waals surface area (Å²) in [6, 6.07) is 0. The zero-order chi connectivity index (χ0) is 52.2. The Bertz CT molecular complexity index is 1340. The molecular weight excluding hydrogens is 889 g/mol. The largest absolute Gasteiger partial charge is 0.462 e. The van der Waals surface area contributed by atoms with E-state index >= 15 is 0 Å². The van der Waals surface area contributed by atoms with Crippen LogP contribution < -0.4 is 0 Å². The van der Waals surface area contributed by atoms with Gasteiger partial charge in [-0.1, -0.05) is 293 Å². The number of rotatable bonds is 56. The molecule has 72 heavy (non-hydrogen) atoms. The smallest absolute Gasteiger partial charge is 0.306 e. The molecule has 0 aromatic rings. The summed E-state index contributed by atoms with van der Waals surface area (Å²) >= 11 is 0. The minimum atomic E-state index is -0.810. The summed E-state index contributed by atoms with van der Waals surface area (Å²) in [4.78, 5) is 38.1. The van der Waals surface area contributed by atoms with Gasteiger partial charge in [0, 0.05) is 19.3 Å². The van der Waals surface area contributed by atoms with Crippen LogP contribution in [0.1, 0.15) is 310 Å². The fourth-order valence-electron chi connectivity index (χ4n) is 8.83. The van der Waals surface area contributed by atoms with Crippen molar-refractivity contribution < 1.29 is 28.6 Å². The second kappa shape index (κ2) is 60.4.